The average molecular weight is 315 g/mol. The molecule has 4 rings (SSSR count). The fourth-order valence-corrected chi connectivity index (χ4v) is 3.82. The van der Waals surface area contributed by atoms with Crippen LogP contribution >= 0.6 is 0 Å². The van der Waals surface area contributed by atoms with E-state index in [1.54, 1.807) is 17.2 Å². The molecule has 23 heavy (non-hydrogen) atoms. The van der Waals surface area contributed by atoms with Crippen molar-refractivity contribution >= 4 is 11.6 Å². The second kappa shape index (κ2) is 5.49. The van der Waals surface area contributed by atoms with Gasteiger partial charge < -0.3 is 14.1 Å². The molecule has 0 bridgehead atoms. The highest BCUT2D eigenvalue weighted by atomic mass is 19.1. The van der Waals surface area contributed by atoms with Gasteiger partial charge in [0.1, 0.15) is 17.6 Å². The van der Waals surface area contributed by atoms with Crippen LogP contribution in [-0.4, -0.2) is 12.5 Å². The highest BCUT2D eigenvalue weighted by Crippen LogP contribution is 2.53. The lowest BCUT2D eigenvalue weighted by atomic mass is 9.81. The smallest absolute Gasteiger partial charge is 0.227 e. The number of amides is 1. The van der Waals surface area contributed by atoms with Gasteiger partial charge in [-0.1, -0.05) is 6.92 Å². The van der Waals surface area contributed by atoms with Crippen LogP contribution in [0, 0.1) is 11.7 Å². The molecule has 0 aliphatic carbocycles. The molecule has 0 saturated carbocycles. The number of nitrogens with zero attached hydrogens (tertiary/aromatic N) is 1. The molecule has 120 valence electrons. The maximum Gasteiger partial charge on any atom is 0.227 e. The average Bonchev–Trinajstić information content (AvgIpc) is 3.24. The fraction of sp³-hybridized carbons (Fsp3) is 0.389. The fourth-order valence-electron chi connectivity index (χ4n) is 3.82. The van der Waals surface area contributed by atoms with Crippen LogP contribution in [0.15, 0.2) is 41.0 Å². The standard InChI is InChI=1S/C18H18FNO3/c1-2-16(21)20-14-6-5-11(19)10-13(14)18-12(7-9-23-18)17(20)15-4-3-8-22-15/h3-6,8,10,12,17-18H,2,7,9H2,1H3/t12-,17-,18+/m1/s1. The zero-order chi connectivity index (χ0) is 16.0. The zero-order valence-corrected chi connectivity index (χ0v) is 12.9. The van der Waals surface area contributed by atoms with E-state index in [2.05, 4.69) is 0 Å². The van der Waals surface area contributed by atoms with Gasteiger partial charge in [0.25, 0.3) is 0 Å². The molecular formula is C18H18FNO3. The van der Waals surface area contributed by atoms with Crippen LogP contribution in [-0.2, 0) is 9.53 Å². The molecule has 0 N–H and O–H groups in total. The van der Waals surface area contributed by atoms with E-state index < -0.39 is 0 Å². The summed E-state index contributed by atoms with van der Waals surface area (Å²) in [5.41, 5.74) is 1.49. The Kier molecular flexibility index (Phi) is 3.45. The first-order valence-electron chi connectivity index (χ1n) is 7.97. The lowest BCUT2D eigenvalue weighted by molar-refractivity contribution is -0.119. The van der Waals surface area contributed by atoms with Crippen molar-refractivity contribution in [3.8, 4) is 0 Å². The Balaban J connectivity index is 1.91. The summed E-state index contributed by atoms with van der Waals surface area (Å²) >= 11 is 0. The van der Waals surface area contributed by atoms with Crippen molar-refractivity contribution in [3.05, 3.63) is 53.7 Å². The lowest BCUT2D eigenvalue weighted by Gasteiger charge is -2.42. The van der Waals surface area contributed by atoms with Gasteiger partial charge in [-0.25, -0.2) is 4.39 Å². The van der Waals surface area contributed by atoms with Gasteiger partial charge in [-0.2, -0.15) is 0 Å². The van der Waals surface area contributed by atoms with E-state index in [9.17, 15) is 9.18 Å². The molecule has 1 saturated heterocycles. The predicted molar refractivity (Wildman–Crippen MR) is 82.4 cm³/mol. The number of fused-ring (bicyclic) bond motifs is 3. The molecule has 5 heteroatoms. The highest BCUT2D eigenvalue weighted by Gasteiger charge is 2.48. The largest absolute Gasteiger partial charge is 0.467 e. The number of rotatable bonds is 2. The van der Waals surface area contributed by atoms with Crippen LogP contribution in [0.4, 0.5) is 10.1 Å². The van der Waals surface area contributed by atoms with Gasteiger partial charge >= 0.3 is 0 Å². The van der Waals surface area contributed by atoms with Gasteiger partial charge in [0.05, 0.1) is 18.1 Å². The third-order valence-electron chi connectivity index (χ3n) is 4.78. The first kappa shape index (κ1) is 14.5. The number of hydrogen-bond donors (Lipinski definition) is 0. The summed E-state index contributed by atoms with van der Waals surface area (Å²) in [5, 5.41) is 0. The number of carbonyl (C=O) groups excluding carboxylic acids is 1. The summed E-state index contributed by atoms with van der Waals surface area (Å²) in [4.78, 5) is 14.4. The second-order valence-corrected chi connectivity index (χ2v) is 6.02. The molecule has 2 aromatic rings. The lowest BCUT2D eigenvalue weighted by Crippen LogP contribution is -2.43. The van der Waals surface area contributed by atoms with Gasteiger partial charge in [-0.05, 0) is 36.8 Å². The molecule has 1 aromatic carbocycles. The van der Waals surface area contributed by atoms with E-state index in [-0.39, 0.29) is 29.8 Å². The first-order chi connectivity index (χ1) is 11.2. The molecule has 1 amide bonds. The molecule has 3 atom stereocenters. The summed E-state index contributed by atoms with van der Waals surface area (Å²) < 4.78 is 25.3. The minimum absolute atomic E-state index is 0.00427. The number of ether oxygens (including phenoxy) is 1. The van der Waals surface area contributed by atoms with Crippen LogP contribution in [0.5, 0.6) is 0 Å². The van der Waals surface area contributed by atoms with E-state index in [1.807, 2.05) is 19.1 Å². The summed E-state index contributed by atoms with van der Waals surface area (Å²) in [7, 11) is 0. The Morgan fingerprint density at radius 1 is 1.39 bits per heavy atom. The normalized spacial score (nSPS) is 26.0. The van der Waals surface area contributed by atoms with Crippen molar-refractivity contribution in [1.29, 1.82) is 0 Å². The quantitative estimate of drug-likeness (QED) is 0.841. The molecule has 4 nitrogen and oxygen atoms in total. The Morgan fingerprint density at radius 2 is 2.26 bits per heavy atom. The van der Waals surface area contributed by atoms with Crippen molar-refractivity contribution in [3.63, 3.8) is 0 Å². The monoisotopic (exact) mass is 315 g/mol. The van der Waals surface area contributed by atoms with Crippen molar-refractivity contribution in [2.45, 2.75) is 31.9 Å². The first-order valence-corrected chi connectivity index (χ1v) is 7.97. The van der Waals surface area contributed by atoms with Crippen molar-refractivity contribution < 1.29 is 18.3 Å². The summed E-state index contributed by atoms with van der Waals surface area (Å²) in [6.07, 6.45) is 2.62. The number of furan rings is 1. The van der Waals surface area contributed by atoms with Gasteiger partial charge in [-0.3, -0.25) is 4.79 Å². The number of benzene rings is 1. The van der Waals surface area contributed by atoms with Gasteiger partial charge in [0, 0.05) is 24.5 Å². The molecule has 1 fully saturated rings. The number of anilines is 1. The van der Waals surface area contributed by atoms with Gasteiger partial charge in [0.15, 0.2) is 0 Å². The Labute approximate surface area is 133 Å². The second-order valence-electron chi connectivity index (χ2n) is 6.02. The van der Waals surface area contributed by atoms with Crippen LogP contribution in [0.1, 0.15) is 43.2 Å². The maximum atomic E-state index is 13.8. The summed E-state index contributed by atoms with van der Waals surface area (Å²) in [6.45, 7) is 2.44. The van der Waals surface area contributed by atoms with Crippen LogP contribution in [0.3, 0.4) is 0 Å². The van der Waals surface area contributed by atoms with Gasteiger partial charge in [-0.15, -0.1) is 0 Å². The van der Waals surface area contributed by atoms with Crippen LogP contribution in [0.25, 0.3) is 0 Å². The van der Waals surface area contributed by atoms with E-state index >= 15 is 0 Å². The number of hydrogen-bond acceptors (Lipinski definition) is 3. The number of carbonyl (C=O) groups is 1. The minimum atomic E-state index is -0.307. The van der Waals surface area contributed by atoms with Crippen LogP contribution < -0.4 is 4.90 Å². The van der Waals surface area contributed by atoms with Crippen molar-refractivity contribution in [1.82, 2.24) is 0 Å². The summed E-state index contributed by atoms with van der Waals surface area (Å²) in [6, 6.07) is 8.07. The molecule has 0 spiro atoms. The van der Waals surface area contributed by atoms with Gasteiger partial charge in [0.2, 0.25) is 5.91 Å². The molecule has 3 heterocycles. The molecule has 2 aliphatic rings. The molecule has 1 aromatic heterocycles. The molecule has 0 radical (unpaired) electrons. The SMILES string of the molecule is CCC(=O)N1c2ccc(F)cc2[C@H]2OCC[C@@H]2[C@@H]1c1ccco1. The summed E-state index contributed by atoms with van der Waals surface area (Å²) in [5.74, 6) is 0.524. The Hall–Kier alpha value is -2.14. The molecule has 0 unspecified atom stereocenters. The third kappa shape index (κ3) is 2.18. The highest BCUT2D eigenvalue weighted by molar-refractivity contribution is 5.95. The van der Waals surface area contributed by atoms with E-state index in [0.29, 0.717) is 13.0 Å². The van der Waals surface area contributed by atoms with Crippen LogP contribution in [0.2, 0.25) is 0 Å². The van der Waals surface area contributed by atoms with Crippen molar-refractivity contribution in [2.75, 3.05) is 11.5 Å². The topological polar surface area (TPSA) is 42.7 Å². The zero-order valence-electron chi connectivity index (χ0n) is 12.9. The minimum Gasteiger partial charge on any atom is -0.467 e. The predicted octanol–water partition coefficient (Wildman–Crippen LogP) is 3.99. The Bertz CT molecular complexity index is 728. The Morgan fingerprint density at radius 3 is 3.00 bits per heavy atom. The number of halogens is 1. The van der Waals surface area contributed by atoms with E-state index in [1.165, 1.54) is 12.1 Å². The van der Waals surface area contributed by atoms with E-state index in [0.717, 1.165) is 23.4 Å². The maximum absolute atomic E-state index is 13.8. The van der Waals surface area contributed by atoms with E-state index in [4.69, 9.17) is 9.15 Å². The molecular weight excluding hydrogens is 297 g/mol. The van der Waals surface area contributed by atoms with Crippen molar-refractivity contribution in [2.24, 2.45) is 5.92 Å². The molecule has 2 aliphatic heterocycles. The third-order valence-corrected chi connectivity index (χ3v) is 4.78.